The van der Waals surface area contributed by atoms with Gasteiger partial charge in [0.15, 0.2) is 0 Å². The molecule has 1 aliphatic heterocycles. The van der Waals surface area contributed by atoms with Gasteiger partial charge in [0.2, 0.25) is 5.91 Å². The van der Waals surface area contributed by atoms with Crippen molar-refractivity contribution in [1.29, 1.82) is 0 Å². The molecule has 1 heterocycles. The molecule has 3 rings (SSSR count). The summed E-state index contributed by atoms with van der Waals surface area (Å²) in [5.74, 6) is 0.936. The molecule has 0 aromatic rings. The van der Waals surface area contributed by atoms with Crippen molar-refractivity contribution in [1.82, 2.24) is 10.2 Å². The molecular weight excluding hydrogens is 264 g/mol. The Morgan fingerprint density at radius 1 is 1.19 bits per heavy atom. The summed E-state index contributed by atoms with van der Waals surface area (Å²) in [6.07, 6.45) is 10.4. The van der Waals surface area contributed by atoms with Gasteiger partial charge in [-0.05, 0) is 51.4 Å². The standard InChI is InChI=1S/C17H30N2O2/c1-13(14-8-9-14)18-17(20)12-19(15-5-2-3-6-15)11-16-7-4-10-21-16/h13-16H,2-12H2,1H3,(H,18,20). The molecule has 21 heavy (non-hydrogen) atoms. The van der Waals surface area contributed by atoms with Crippen LogP contribution in [0.3, 0.4) is 0 Å². The second-order valence-corrected chi connectivity index (χ2v) is 7.20. The Morgan fingerprint density at radius 2 is 1.95 bits per heavy atom. The van der Waals surface area contributed by atoms with E-state index < -0.39 is 0 Å². The monoisotopic (exact) mass is 294 g/mol. The van der Waals surface area contributed by atoms with E-state index in [0.29, 0.717) is 24.7 Å². The first-order chi connectivity index (χ1) is 10.2. The van der Waals surface area contributed by atoms with Gasteiger partial charge in [-0.25, -0.2) is 0 Å². The maximum absolute atomic E-state index is 12.3. The first kappa shape index (κ1) is 15.3. The van der Waals surface area contributed by atoms with E-state index in [-0.39, 0.29) is 5.91 Å². The molecular formula is C17H30N2O2. The highest BCUT2D eigenvalue weighted by atomic mass is 16.5. The molecule has 2 atom stereocenters. The SMILES string of the molecule is CC(NC(=O)CN(CC1CCCO1)C1CCCC1)C1CC1. The Balaban J connectivity index is 1.51. The van der Waals surface area contributed by atoms with Crippen LogP contribution in [0.25, 0.3) is 0 Å². The minimum atomic E-state index is 0.208. The normalized spacial score (nSPS) is 28.2. The fourth-order valence-corrected chi connectivity index (χ4v) is 3.86. The number of hydrogen-bond acceptors (Lipinski definition) is 3. The van der Waals surface area contributed by atoms with Gasteiger partial charge in [0.05, 0.1) is 12.6 Å². The Hall–Kier alpha value is -0.610. The molecule has 1 amide bonds. The van der Waals surface area contributed by atoms with Crippen molar-refractivity contribution in [2.75, 3.05) is 19.7 Å². The number of carbonyl (C=O) groups excluding carboxylic acids is 1. The third-order valence-corrected chi connectivity index (χ3v) is 5.37. The maximum Gasteiger partial charge on any atom is 0.234 e. The third-order valence-electron chi connectivity index (χ3n) is 5.37. The van der Waals surface area contributed by atoms with E-state index >= 15 is 0 Å². The maximum atomic E-state index is 12.3. The molecule has 0 spiro atoms. The largest absolute Gasteiger partial charge is 0.377 e. The predicted molar refractivity (Wildman–Crippen MR) is 83.1 cm³/mol. The first-order valence-electron chi connectivity index (χ1n) is 8.87. The molecule has 2 unspecified atom stereocenters. The molecule has 2 saturated carbocycles. The lowest BCUT2D eigenvalue weighted by molar-refractivity contribution is -0.124. The predicted octanol–water partition coefficient (Wildman–Crippen LogP) is 2.32. The fourth-order valence-electron chi connectivity index (χ4n) is 3.86. The molecule has 4 heteroatoms. The molecule has 0 aromatic carbocycles. The third kappa shape index (κ3) is 4.43. The second-order valence-electron chi connectivity index (χ2n) is 7.20. The van der Waals surface area contributed by atoms with E-state index in [4.69, 9.17) is 4.74 Å². The van der Waals surface area contributed by atoms with Crippen LogP contribution in [0.1, 0.15) is 58.3 Å². The first-order valence-corrected chi connectivity index (χ1v) is 8.87. The minimum Gasteiger partial charge on any atom is -0.377 e. The van der Waals surface area contributed by atoms with E-state index in [1.165, 1.54) is 44.9 Å². The zero-order valence-corrected chi connectivity index (χ0v) is 13.4. The molecule has 0 radical (unpaired) electrons. The Bertz CT molecular complexity index is 345. The number of nitrogens with zero attached hydrogens (tertiary/aromatic N) is 1. The van der Waals surface area contributed by atoms with Crippen LogP contribution in [-0.2, 0) is 9.53 Å². The van der Waals surface area contributed by atoms with E-state index in [0.717, 1.165) is 25.5 Å². The summed E-state index contributed by atoms with van der Waals surface area (Å²) in [5, 5.41) is 3.20. The van der Waals surface area contributed by atoms with Gasteiger partial charge < -0.3 is 10.1 Å². The Kier molecular flexibility index (Phi) is 5.17. The van der Waals surface area contributed by atoms with Gasteiger partial charge in [0.1, 0.15) is 0 Å². The van der Waals surface area contributed by atoms with Gasteiger partial charge in [-0.1, -0.05) is 12.8 Å². The molecule has 1 N–H and O–H groups in total. The summed E-state index contributed by atoms with van der Waals surface area (Å²) in [4.78, 5) is 14.7. The van der Waals surface area contributed by atoms with Crippen LogP contribution in [0.15, 0.2) is 0 Å². The van der Waals surface area contributed by atoms with Gasteiger partial charge in [-0.2, -0.15) is 0 Å². The van der Waals surface area contributed by atoms with Crippen molar-refractivity contribution >= 4 is 5.91 Å². The highest BCUT2D eigenvalue weighted by Crippen LogP contribution is 2.32. The van der Waals surface area contributed by atoms with Crippen molar-refractivity contribution in [3.05, 3.63) is 0 Å². The van der Waals surface area contributed by atoms with Gasteiger partial charge in [0.25, 0.3) is 0 Å². The van der Waals surface area contributed by atoms with E-state index in [2.05, 4.69) is 17.1 Å². The number of hydrogen-bond donors (Lipinski definition) is 1. The molecule has 0 aromatic heterocycles. The van der Waals surface area contributed by atoms with Gasteiger partial charge in [-0.3, -0.25) is 9.69 Å². The summed E-state index contributed by atoms with van der Waals surface area (Å²) in [6.45, 7) is 4.54. The quantitative estimate of drug-likeness (QED) is 0.783. The van der Waals surface area contributed by atoms with Gasteiger partial charge in [0, 0.05) is 25.2 Å². The topological polar surface area (TPSA) is 41.6 Å². The minimum absolute atomic E-state index is 0.208. The van der Waals surface area contributed by atoms with E-state index in [9.17, 15) is 4.79 Å². The average Bonchev–Trinajstić information content (AvgIpc) is 2.96. The van der Waals surface area contributed by atoms with Crippen LogP contribution in [0.4, 0.5) is 0 Å². The van der Waals surface area contributed by atoms with Crippen molar-refractivity contribution in [3.8, 4) is 0 Å². The molecule has 4 nitrogen and oxygen atoms in total. The smallest absolute Gasteiger partial charge is 0.234 e. The highest BCUT2D eigenvalue weighted by molar-refractivity contribution is 5.78. The molecule has 120 valence electrons. The molecule has 1 saturated heterocycles. The van der Waals surface area contributed by atoms with Crippen LogP contribution in [-0.4, -0.2) is 48.7 Å². The number of amides is 1. The molecule has 0 bridgehead atoms. The van der Waals surface area contributed by atoms with Crippen LogP contribution in [0.5, 0.6) is 0 Å². The lowest BCUT2D eigenvalue weighted by Gasteiger charge is -2.30. The summed E-state index contributed by atoms with van der Waals surface area (Å²) in [7, 11) is 0. The lowest BCUT2D eigenvalue weighted by atomic mass is 10.1. The van der Waals surface area contributed by atoms with Crippen molar-refractivity contribution in [3.63, 3.8) is 0 Å². The summed E-state index contributed by atoms with van der Waals surface area (Å²) in [6, 6.07) is 0.946. The Labute approximate surface area is 128 Å². The van der Waals surface area contributed by atoms with Gasteiger partial charge >= 0.3 is 0 Å². The lowest BCUT2D eigenvalue weighted by Crippen LogP contribution is -2.47. The van der Waals surface area contributed by atoms with Crippen LogP contribution in [0.2, 0.25) is 0 Å². The van der Waals surface area contributed by atoms with Crippen molar-refractivity contribution in [2.24, 2.45) is 5.92 Å². The fraction of sp³-hybridized carbons (Fsp3) is 0.941. The van der Waals surface area contributed by atoms with Crippen molar-refractivity contribution < 1.29 is 9.53 Å². The summed E-state index contributed by atoms with van der Waals surface area (Å²) >= 11 is 0. The van der Waals surface area contributed by atoms with Gasteiger partial charge in [-0.15, -0.1) is 0 Å². The summed E-state index contributed by atoms with van der Waals surface area (Å²) in [5.41, 5.74) is 0. The second kappa shape index (κ2) is 7.10. The van der Waals surface area contributed by atoms with Crippen LogP contribution in [0, 0.1) is 5.92 Å². The number of ether oxygens (including phenoxy) is 1. The number of nitrogens with one attached hydrogen (secondary N) is 1. The van der Waals surface area contributed by atoms with Crippen molar-refractivity contribution in [2.45, 2.75) is 76.5 Å². The number of carbonyl (C=O) groups is 1. The zero-order valence-electron chi connectivity index (χ0n) is 13.4. The van der Waals surface area contributed by atoms with E-state index in [1.807, 2.05) is 0 Å². The number of rotatable bonds is 7. The Morgan fingerprint density at radius 3 is 2.57 bits per heavy atom. The molecule has 3 aliphatic rings. The molecule has 3 fully saturated rings. The molecule has 2 aliphatic carbocycles. The zero-order chi connectivity index (χ0) is 14.7. The highest BCUT2D eigenvalue weighted by Gasteiger charge is 2.31. The van der Waals surface area contributed by atoms with Crippen LogP contribution >= 0.6 is 0 Å². The average molecular weight is 294 g/mol. The van der Waals surface area contributed by atoms with E-state index in [1.54, 1.807) is 0 Å². The van der Waals surface area contributed by atoms with Crippen LogP contribution < -0.4 is 5.32 Å². The summed E-state index contributed by atoms with van der Waals surface area (Å²) < 4.78 is 5.78.